The van der Waals surface area contributed by atoms with E-state index >= 15 is 0 Å². The van der Waals surface area contributed by atoms with E-state index in [1.165, 1.54) is 33.3 Å². The number of primary amides is 1. The van der Waals surface area contributed by atoms with E-state index in [2.05, 4.69) is 10.6 Å². The summed E-state index contributed by atoms with van der Waals surface area (Å²) in [6, 6.07) is 8.48. The first kappa shape index (κ1) is 37.8. The highest BCUT2D eigenvalue weighted by Crippen LogP contribution is 2.34. The van der Waals surface area contributed by atoms with Gasteiger partial charge in [-0.2, -0.15) is 0 Å². The van der Waals surface area contributed by atoms with Crippen molar-refractivity contribution < 1.29 is 43.3 Å². The normalized spacial score (nSPS) is 29.3. The van der Waals surface area contributed by atoms with Crippen LogP contribution in [0.4, 0.5) is 4.79 Å². The Labute approximate surface area is 280 Å². The van der Waals surface area contributed by atoms with E-state index in [9.17, 15) is 29.1 Å². The number of ether oxygens (including phenoxy) is 3. The predicted molar refractivity (Wildman–Crippen MR) is 179 cm³/mol. The third-order valence-electron chi connectivity index (χ3n) is 8.37. The zero-order valence-corrected chi connectivity index (χ0v) is 28.1. The van der Waals surface area contributed by atoms with Gasteiger partial charge in [0.05, 0.1) is 30.0 Å². The van der Waals surface area contributed by atoms with Crippen LogP contribution in [-0.4, -0.2) is 80.1 Å². The number of nitrogens with two attached hydrogens (primary N) is 1. The van der Waals surface area contributed by atoms with Gasteiger partial charge in [0.2, 0.25) is 11.6 Å². The zero-order valence-electron chi connectivity index (χ0n) is 28.1. The summed E-state index contributed by atoms with van der Waals surface area (Å²) in [5, 5.41) is 16.9. The van der Waals surface area contributed by atoms with Crippen molar-refractivity contribution in [2.75, 3.05) is 20.8 Å². The minimum atomic E-state index is -1.02. The van der Waals surface area contributed by atoms with E-state index in [4.69, 9.17) is 19.9 Å². The number of hydrogen-bond donors (Lipinski definition) is 4. The van der Waals surface area contributed by atoms with Crippen LogP contribution in [0.15, 0.2) is 82.7 Å². The van der Waals surface area contributed by atoms with Gasteiger partial charge in [0.25, 0.3) is 5.91 Å². The molecule has 1 aliphatic heterocycles. The Hall–Kier alpha value is -4.65. The summed E-state index contributed by atoms with van der Waals surface area (Å²) >= 11 is 0. The summed E-state index contributed by atoms with van der Waals surface area (Å²) in [7, 11) is 2.89. The van der Waals surface area contributed by atoms with Crippen LogP contribution in [0.2, 0.25) is 0 Å². The van der Waals surface area contributed by atoms with Gasteiger partial charge in [0.15, 0.2) is 6.10 Å². The second-order valence-electron chi connectivity index (χ2n) is 12.0. The second kappa shape index (κ2) is 17.5. The van der Waals surface area contributed by atoms with Gasteiger partial charge in [-0.1, -0.05) is 68.5 Å². The van der Waals surface area contributed by atoms with E-state index < -0.39 is 53.9 Å². The molecule has 1 aromatic rings. The molecule has 0 aromatic heterocycles. The number of ketones is 2. The molecule has 2 amide bonds. The average molecular weight is 664 g/mol. The molecule has 0 unspecified atom stereocenters. The summed E-state index contributed by atoms with van der Waals surface area (Å²) in [5.41, 5.74) is 6.42. The molecule has 6 atom stereocenters. The lowest BCUT2D eigenvalue weighted by Gasteiger charge is -2.30. The maximum Gasteiger partial charge on any atom is 0.405 e. The summed E-state index contributed by atoms with van der Waals surface area (Å²) < 4.78 is 16.7. The topological polar surface area (TPSA) is 183 Å². The molecule has 258 valence electrons. The van der Waals surface area contributed by atoms with Crippen LogP contribution < -0.4 is 16.4 Å². The molecule has 0 radical (unpaired) electrons. The smallest absolute Gasteiger partial charge is 0.405 e. The van der Waals surface area contributed by atoms with E-state index in [1.807, 2.05) is 6.92 Å². The van der Waals surface area contributed by atoms with Crippen LogP contribution in [0.25, 0.3) is 5.57 Å². The quantitative estimate of drug-likeness (QED) is 0.192. The molecule has 5 N–H and O–H groups in total. The number of carbonyl (C=O) groups is 5. The number of rotatable bonds is 7. The number of benzene rings is 1. The molecule has 12 heteroatoms. The lowest BCUT2D eigenvalue weighted by molar-refractivity contribution is -0.120. The largest absolute Gasteiger partial charge is 0.439 e. The van der Waals surface area contributed by atoms with Gasteiger partial charge in [-0.15, -0.1) is 0 Å². The van der Waals surface area contributed by atoms with Gasteiger partial charge in [0.1, 0.15) is 18.1 Å². The number of nitrogens with one attached hydrogen (secondary N) is 2. The Balaban J connectivity index is 2.23. The number of aliphatic hydroxyl groups is 1. The van der Waals surface area contributed by atoms with Crippen molar-refractivity contribution >= 4 is 35.4 Å². The SMILES string of the molecule is CO[C@H]1/C=C\C=C(/C)C(=O)NC2=C(c3ccccc3)C(=O)C(NCC=O)=C(C[C@@H](C)C[C@H](OC)[C@H](O)[C@@H](C)/C=C(\C)[C@@H]1OC(N)=O)C2=O. The van der Waals surface area contributed by atoms with E-state index in [0.29, 0.717) is 17.4 Å². The zero-order chi connectivity index (χ0) is 35.5. The molecule has 48 heavy (non-hydrogen) atoms. The first-order valence-corrected chi connectivity index (χ1v) is 15.7. The number of amides is 2. The van der Waals surface area contributed by atoms with Crippen molar-refractivity contribution in [2.24, 2.45) is 17.6 Å². The van der Waals surface area contributed by atoms with Gasteiger partial charge in [-0.25, -0.2) is 4.79 Å². The van der Waals surface area contributed by atoms with Crippen LogP contribution in [0, 0.1) is 11.8 Å². The van der Waals surface area contributed by atoms with Gasteiger partial charge in [-0.3, -0.25) is 14.4 Å². The van der Waals surface area contributed by atoms with Crippen LogP contribution in [0.5, 0.6) is 0 Å². The molecule has 1 aromatic carbocycles. The third kappa shape index (κ3) is 9.24. The Kier molecular flexibility index (Phi) is 13.8. The number of methoxy groups -OCH3 is 2. The van der Waals surface area contributed by atoms with Crippen LogP contribution in [0.3, 0.4) is 0 Å². The Morgan fingerprint density at radius 2 is 1.77 bits per heavy atom. The number of hydrogen-bond acceptors (Lipinski definition) is 10. The minimum absolute atomic E-state index is 0.0144. The molecular formula is C36H45N3O9. The fourth-order valence-electron chi connectivity index (χ4n) is 5.87. The number of aldehydes is 1. The van der Waals surface area contributed by atoms with E-state index in [1.54, 1.807) is 56.3 Å². The molecule has 0 saturated carbocycles. The number of carbonyl (C=O) groups excluding carboxylic acids is 5. The molecule has 12 nitrogen and oxygen atoms in total. The summed E-state index contributed by atoms with van der Waals surface area (Å²) in [6.45, 7) is 6.68. The maximum absolute atomic E-state index is 14.3. The number of fused-ring (bicyclic) bond motifs is 2. The Morgan fingerprint density at radius 3 is 2.38 bits per heavy atom. The van der Waals surface area contributed by atoms with Crippen molar-refractivity contribution in [3.63, 3.8) is 0 Å². The fraction of sp³-hybridized carbons (Fsp3) is 0.417. The minimum Gasteiger partial charge on any atom is -0.439 e. The number of allylic oxidation sites excluding steroid dienone is 4. The monoisotopic (exact) mass is 663 g/mol. The summed E-state index contributed by atoms with van der Waals surface area (Å²) in [4.78, 5) is 65.1. The highest BCUT2D eigenvalue weighted by molar-refractivity contribution is 6.39. The molecule has 1 heterocycles. The first-order valence-electron chi connectivity index (χ1n) is 15.7. The molecule has 3 rings (SSSR count). The highest BCUT2D eigenvalue weighted by Gasteiger charge is 2.38. The molecule has 0 spiro atoms. The fourth-order valence-corrected chi connectivity index (χ4v) is 5.87. The van der Waals surface area contributed by atoms with Crippen LogP contribution >= 0.6 is 0 Å². The van der Waals surface area contributed by atoms with E-state index in [0.717, 1.165) is 0 Å². The summed E-state index contributed by atoms with van der Waals surface area (Å²) in [5.74, 6) is -2.55. The maximum atomic E-state index is 14.3. The van der Waals surface area contributed by atoms with Crippen molar-refractivity contribution in [1.29, 1.82) is 0 Å². The number of Topliss-reactive ketones (excluding diaryl/α,β-unsaturated/α-hetero) is 2. The molecule has 2 bridgehead atoms. The Morgan fingerprint density at radius 1 is 1.08 bits per heavy atom. The Bertz CT molecular complexity index is 1540. The molecule has 2 aliphatic rings. The standard InChI is InChI=1S/C36H45N3O9/c1-20-17-25-29(38-15-16-40)33(43)28(24-12-8-7-9-13-24)30(32(25)42)39-35(44)21(2)11-10-14-26(46-5)34(48-36(37)45)23(4)19-22(3)31(41)27(18-20)47-6/h7-14,16,19-20,22,26-27,31,34,38,41H,15,17-18H2,1-6H3,(H2,37,45)(H,39,44)/b14-10-,21-11+,23-19+/t20-,22+,26+,27+,31-,34+/m1/s1. The van der Waals surface area contributed by atoms with Crippen molar-refractivity contribution in [1.82, 2.24) is 10.6 Å². The first-order chi connectivity index (χ1) is 22.8. The van der Waals surface area contributed by atoms with Gasteiger partial charge >= 0.3 is 6.09 Å². The average Bonchev–Trinajstić information content (AvgIpc) is 3.06. The second-order valence-corrected chi connectivity index (χ2v) is 12.0. The van der Waals surface area contributed by atoms with Gasteiger partial charge in [-0.05, 0) is 43.7 Å². The lowest BCUT2D eigenvalue weighted by atomic mass is 9.81. The van der Waals surface area contributed by atoms with Crippen molar-refractivity contribution in [3.8, 4) is 0 Å². The van der Waals surface area contributed by atoms with E-state index in [-0.39, 0.29) is 53.4 Å². The van der Waals surface area contributed by atoms with Crippen molar-refractivity contribution in [3.05, 3.63) is 88.3 Å². The molecule has 1 aliphatic carbocycles. The summed E-state index contributed by atoms with van der Waals surface area (Å²) in [6.07, 6.45) is 2.78. The van der Waals surface area contributed by atoms with Crippen LogP contribution in [-0.2, 0) is 33.4 Å². The van der Waals surface area contributed by atoms with Gasteiger partial charge < -0.3 is 40.5 Å². The van der Waals surface area contributed by atoms with Crippen LogP contribution in [0.1, 0.15) is 46.1 Å². The molecule has 0 fully saturated rings. The lowest BCUT2D eigenvalue weighted by Crippen LogP contribution is -2.39. The predicted octanol–water partition coefficient (Wildman–Crippen LogP) is 3.08. The highest BCUT2D eigenvalue weighted by atomic mass is 16.6. The van der Waals surface area contributed by atoms with Gasteiger partial charge in [0, 0.05) is 31.3 Å². The molecule has 0 saturated heterocycles. The third-order valence-corrected chi connectivity index (χ3v) is 8.37. The van der Waals surface area contributed by atoms with Crippen molar-refractivity contribution in [2.45, 2.75) is 65.0 Å². The number of aliphatic hydroxyl groups excluding tert-OH is 1. The molecular weight excluding hydrogens is 618 g/mol.